The Morgan fingerprint density at radius 3 is 2.41 bits per heavy atom. The van der Waals surface area contributed by atoms with Gasteiger partial charge in [0.2, 0.25) is 0 Å². The lowest BCUT2D eigenvalue weighted by molar-refractivity contribution is 0.152. The number of rotatable bonds is 9. The fourth-order valence-corrected chi connectivity index (χ4v) is 2.18. The maximum atomic E-state index is 5.29. The lowest BCUT2D eigenvalue weighted by atomic mass is 10.0. The molecular weight excluding hydrogens is 274 g/mol. The van der Waals surface area contributed by atoms with Gasteiger partial charge in [-0.2, -0.15) is 0 Å². The van der Waals surface area contributed by atoms with Gasteiger partial charge in [-0.25, -0.2) is 0 Å². The van der Waals surface area contributed by atoms with E-state index in [1.165, 1.54) is 11.1 Å². The number of guanidine groups is 1. The molecule has 0 saturated carbocycles. The largest absolute Gasteiger partial charge is 0.380 e. The van der Waals surface area contributed by atoms with Crippen LogP contribution in [-0.2, 0) is 11.2 Å². The Bertz CT molecular complexity index is 426. The maximum absolute atomic E-state index is 5.29. The second kappa shape index (κ2) is 11.1. The van der Waals surface area contributed by atoms with E-state index in [1.807, 2.05) is 6.92 Å². The summed E-state index contributed by atoms with van der Waals surface area (Å²) >= 11 is 0. The Kier molecular flexibility index (Phi) is 9.31. The van der Waals surface area contributed by atoms with E-state index in [1.54, 1.807) is 7.05 Å². The van der Waals surface area contributed by atoms with Crippen molar-refractivity contribution >= 4 is 5.96 Å². The predicted molar refractivity (Wildman–Crippen MR) is 94.7 cm³/mol. The van der Waals surface area contributed by atoms with E-state index in [-0.39, 0.29) is 0 Å². The molecule has 0 bridgehead atoms. The molecule has 1 rings (SSSR count). The molecule has 0 aliphatic carbocycles. The van der Waals surface area contributed by atoms with Crippen LogP contribution in [0.15, 0.2) is 29.3 Å². The Balaban J connectivity index is 2.20. The van der Waals surface area contributed by atoms with E-state index in [0.717, 1.165) is 38.5 Å². The molecule has 0 spiro atoms. The van der Waals surface area contributed by atoms with Crippen molar-refractivity contribution in [1.82, 2.24) is 10.6 Å². The number of ether oxygens (including phenoxy) is 1. The summed E-state index contributed by atoms with van der Waals surface area (Å²) in [6, 6.07) is 8.96. The summed E-state index contributed by atoms with van der Waals surface area (Å²) < 4.78 is 5.29. The van der Waals surface area contributed by atoms with Crippen LogP contribution in [0.1, 0.15) is 44.2 Å². The van der Waals surface area contributed by atoms with E-state index >= 15 is 0 Å². The zero-order chi connectivity index (χ0) is 16.2. The lowest BCUT2D eigenvalue weighted by Crippen LogP contribution is -2.39. The number of hydrogen-bond donors (Lipinski definition) is 2. The van der Waals surface area contributed by atoms with Gasteiger partial charge < -0.3 is 15.4 Å². The molecule has 0 atom stereocenters. The third-order valence-electron chi connectivity index (χ3n) is 3.55. The molecule has 1 aromatic carbocycles. The molecule has 0 unspecified atom stereocenters. The molecule has 124 valence electrons. The number of nitrogens with one attached hydrogen (secondary N) is 2. The van der Waals surface area contributed by atoms with Crippen LogP contribution < -0.4 is 10.6 Å². The first kappa shape index (κ1) is 18.5. The van der Waals surface area contributed by atoms with Crippen molar-refractivity contribution in [2.24, 2.45) is 4.99 Å². The Morgan fingerprint density at radius 2 is 1.82 bits per heavy atom. The van der Waals surface area contributed by atoms with Gasteiger partial charge in [0.25, 0.3) is 0 Å². The van der Waals surface area contributed by atoms with Gasteiger partial charge in [-0.1, -0.05) is 38.1 Å². The Labute approximate surface area is 135 Å². The van der Waals surface area contributed by atoms with Gasteiger partial charge in [-0.3, -0.25) is 4.99 Å². The minimum absolute atomic E-state index is 0.599. The van der Waals surface area contributed by atoms with Gasteiger partial charge in [-0.15, -0.1) is 0 Å². The van der Waals surface area contributed by atoms with Gasteiger partial charge in [0, 0.05) is 26.7 Å². The van der Waals surface area contributed by atoms with E-state index in [9.17, 15) is 0 Å². The van der Waals surface area contributed by atoms with E-state index in [2.05, 4.69) is 53.7 Å². The second-order valence-electron chi connectivity index (χ2n) is 5.62. The average molecular weight is 305 g/mol. The molecule has 0 heterocycles. The fraction of sp³-hybridized carbons (Fsp3) is 0.611. The first-order valence-electron chi connectivity index (χ1n) is 8.28. The van der Waals surface area contributed by atoms with Crippen LogP contribution in [0.4, 0.5) is 0 Å². The average Bonchev–Trinajstić information content (AvgIpc) is 2.53. The summed E-state index contributed by atoms with van der Waals surface area (Å²) in [6.45, 7) is 9.61. The highest BCUT2D eigenvalue weighted by atomic mass is 16.5. The van der Waals surface area contributed by atoms with Gasteiger partial charge in [0.1, 0.15) is 0 Å². The van der Waals surface area contributed by atoms with Crippen molar-refractivity contribution < 1.29 is 4.74 Å². The molecular formula is C18H31N3O. The number of nitrogens with zero attached hydrogens (tertiary/aromatic N) is 1. The molecule has 0 aliphatic rings. The van der Waals surface area contributed by atoms with Gasteiger partial charge in [0.05, 0.1) is 6.61 Å². The van der Waals surface area contributed by atoms with Crippen molar-refractivity contribution in [2.75, 3.05) is 33.4 Å². The summed E-state index contributed by atoms with van der Waals surface area (Å²) in [6.07, 6.45) is 2.18. The van der Waals surface area contributed by atoms with Gasteiger partial charge in [0.15, 0.2) is 5.96 Å². The minimum Gasteiger partial charge on any atom is -0.380 e. The van der Waals surface area contributed by atoms with Crippen LogP contribution in [-0.4, -0.2) is 39.3 Å². The van der Waals surface area contributed by atoms with E-state index < -0.39 is 0 Å². The SMILES string of the molecule is CCOCCNC(=NC)NCCCc1ccc(C(C)C)cc1. The van der Waals surface area contributed by atoms with Crippen molar-refractivity contribution in [3.05, 3.63) is 35.4 Å². The molecule has 4 heteroatoms. The number of aryl methyl sites for hydroxylation is 1. The summed E-state index contributed by atoms with van der Waals surface area (Å²) in [7, 11) is 1.79. The normalized spacial score (nSPS) is 11.8. The summed E-state index contributed by atoms with van der Waals surface area (Å²) in [5.41, 5.74) is 2.80. The summed E-state index contributed by atoms with van der Waals surface area (Å²) in [5, 5.41) is 6.57. The number of aliphatic imine (C=N–C) groups is 1. The third-order valence-corrected chi connectivity index (χ3v) is 3.55. The highest BCUT2D eigenvalue weighted by Crippen LogP contribution is 2.15. The molecule has 4 nitrogen and oxygen atoms in total. The molecule has 0 aliphatic heterocycles. The monoisotopic (exact) mass is 305 g/mol. The van der Waals surface area contributed by atoms with Crippen molar-refractivity contribution in [2.45, 2.75) is 39.5 Å². The molecule has 0 aromatic heterocycles. The lowest BCUT2D eigenvalue weighted by Gasteiger charge is -2.12. The molecule has 22 heavy (non-hydrogen) atoms. The van der Waals surface area contributed by atoms with Crippen molar-refractivity contribution in [1.29, 1.82) is 0 Å². The van der Waals surface area contributed by atoms with Crippen LogP contribution in [0.25, 0.3) is 0 Å². The van der Waals surface area contributed by atoms with E-state index in [4.69, 9.17) is 4.74 Å². The Hall–Kier alpha value is -1.55. The Morgan fingerprint density at radius 1 is 1.14 bits per heavy atom. The van der Waals surface area contributed by atoms with Crippen LogP contribution in [0.2, 0.25) is 0 Å². The van der Waals surface area contributed by atoms with Crippen LogP contribution in [0.5, 0.6) is 0 Å². The molecule has 2 N–H and O–H groups in total. The van der Waals surface area contributed by atoms with Crippen LogP contribution in [0, 0.1) is 0 Å². The molecule has 1 aromatic rings. The summed E-state index contributed by atoms with van der Waals surface area (Å²) in [5.74, 6) is 1.44. The standard InChI is InChI=1S/C18H31N3O/c1-5-22-14-13-21-18(19-4)20-12-6-7-16-8-10-17(11-9-16)15(2)3/h8-11,15H,5-7,12-14H2,1-4H3,(H2,19,20,21). The van der Waals surface area contributed by atoms with E-state index in [0.29, 0.717) is 12.5 Å². The fourth-order valence-electron chi connectivity index (χ4n) is 2.18. The zero-order valence-corrected chi connectivity index (χ0v) is 14.5. The third kappa shape index (κ3) is 7.46. The minimum atomic E-state index is 0.599. The number of benzene rings is 1. The second-order valence-corrected chi connectivity index (χ2v) is 5.62. The topological polar surface area (TPSA) is 45.6 Å². The van der Waals surface area contributed by atoms with Crippen molar-refractivity contribution in [3.8, 4) is 0 Å². The zero-order valence-electron chi connectivity index (χ0n) is 14.5. The van der Waals surface area contributed by atoms with Gasteiger partial charge >= 0.3 is 0 Å². The molecule has 0 fully saturated rings. The predicted octanol–water partition coefficient (Wildman–Crippen LogP) is 2.94. The number of hydrogen-bond acceptors (Lipinski definition) is 2. The van der Waals surface area contributed by atoms with Crippen LogP contribution in [0.3, 0.4) is 0 Å². The molecule has 0 radical (unpaired) electrons. The highest BCUT2D eigenvalue weighted by Gasteiger charge is 2.00. The molecule has 0 saturated heterocycles. The summed E-state index contributed by atoms with van der Waals surface area (Å²) in [4.78, 5) is 4.20. The quantitative estimate of drug-likeness (QED) is 0.419. The van der Waals surface area contributed by atoms with Gasteiger partial charge in [-0.05, 0) is 36.8 Å². The van der Waals surface area contributed by atoms with Crippen LogP contribution >= 0.6 is 0 Å². The maximum Gasteiger partial charge on any atom is 0.191 e. The first-order chi connectivity index (χ1) is 10.7. The first-order valence-corrected chi connectivity index (χ1v) is 8.28. The molecule has 0 amide bonds. The smallest absolute Gasteiger partial charge is 0.191 e. The van der Waals surface area contributed by atoms with Crippen molar-refractivity contribution in [3.63, 3.8) is 0 Å². The highest BCUT2D eigenvalue weighted by molar-refractivity contribution is 5.79.